The van der Waals surface area contributed by atoms with Gasteiger partial charge in [0.1, 0.15) is 0 Å². The quantitative estimate of drug-likeness (QED) is 0.503. The van der Waals surface area contributed by atoms with Crippen molar-refractivity contribution in [1.29, 1.82) is 0 Å². The normalized spacial score (nSPS) is 23.8. The zero-order chi connectivity index (χ0) is 18.5. The number of halogens is 2. The fourth-order valence-electron chi connectivity index (χ4n) is 5.84. The first kappa shape index (κ1) is 23.3. The van der Waals surface area contributed by atoms with E-state index in [2.05, 4.69) is 64.9 Å². The molecular weight excluding hydrogens is 496 g/mol. The molecular formula is C23H28Cl2NOSiZr. The van der Waals surface area contributed by atoms with E-state index in [0.717, 1.165) is 12.3 Å². The maximum Gasteiger partial charge on any atom is -1.00 e. The van der Waals surface area contributed by atoms with Crippen LogP contribution in [0.25, 0.3) is 11.1 Å². The number of fused-ring (bicyclic) bond motifs is 5. The Balaban J connectivity index is 0.00000120. The van der Waals surface area contributed by atoms with Gasteiger partial charge in [0.25, 0.3) is 0 Å². The maximum atomic E-state index is 13.3. The largest absolute Gasteiger partial charge is 1.00 e. The molecule has 2 fully saturated rings. The molecule has 0 aliphatic heterocycles. The fraction of sp³-hybridized carbons (Fsp3) is 0.435. The molecule has 5 rings (SSSR count). The molecule has 2 saturated carbocycles. The first-order valence-corrected chi connectivity index (χ1v) is 20.3. The van der Waals surface area contributed by atoms with E-state index in [1.807, 2.05) is 0 Å². The summed E-state index contributed by atoms with van der Waals surface area (Å²) in [4.78, 5) is 13.3. The number of amides is 1. The number of hydrogen-bond acceptors (Lipinski definition) is 1. The zero-order valence-corrected chi connectivity index (χ0v) is 22.1. The Labute approximate surface area is 195 Å². The predicted molar refractivity (Wildman–Crippen MR) is 110 cm³/mol. The second-order valence-electron chi connectivity index (χ2n) is 8.99. The average Bonchev–Trinajstić information content (AvgIpc) is 3.39. The van der Waals surface area contributed by atoms with E-state index >= 15 is 0 Å². The number of hydrogen-bond donors (Lipinski definition) is 1. The van der Waals surface area contributed by atoms with Crippen molar-refractivity contribution in [2.45, 2.75) is 42.4 Å². The van der Waals surface area contributed by atoms with Crippen molar-refractivity contribution in [3.8, 4) is 11.1 Å². The van der Waals surface area contributed by atoms with Crippen molar-refractivity contribution in [1.82, 2.24) is 3.26 Å². The van der Waals surface area contributed by atoms with Gasteiger partial charge in [-0.25, -0.2) is 0 Å². The smallest absolute Gasteiger partial charge is 1.00 e. The van der Waals surface area contributed by atoms with Crippen LogP contribution in [-0.4, -0.2) is 11.8 Å². The van der Waals surface area contributed by atoms with Crippen LogP contribution in [0, 0.1) is 17.8 Å². The first-order valence-electron chi connectivity index (χ1n) is 10.5. The zero-order valence-electron chi connectivity index (χ0n) is 17.0. The summed E-state index contributed by atoms with van der Waals surface area (Å²) in [6.45, 7) is 4.94. The molecule has 0 heterocycles. The predicted octanol–water partition coefficient (Wildman–Crippen LogP) is -1.17. The van der Waals surface area contributed by atoms with Crippen LogP contribution >= 0.6 is 0 Å². The molecule has 2 aromatic carbocycles. The van der Waals surface area contributed by atoms with Gasteiger partial charge in [0.15, 0.2) is 0 Å². The van der Waals surface area contributed by atoms with E-state index in [1.54, 1.807) is 0 Å². The molecule has 0 radical (unpaired) electrons. The molecule has 153 valence electrons. The van der Waals surface area contributed by atoms with Crippen LogP contribution in [0.2, 0.25) is 13.1 Å². The summed E-state index contributed by atoms with van der Waals surface area (Å²) in [7, 11) is 0. The van der Waals surface area contributed by atoms with Gasteiger partial charge in [0, 0.05) is 0 Å². The van der Waals surface area contributed by atoms with Gasteiger partial charge in [0.2, 0.25) is 0 Å². The van der Waals surface area contributed by atoms with Crippen molar-refractivity contribution in [3.05, 3.63) is 59.7 Å². The summed E-state index contributed by atoms with van der Waals surface area (Å²) in [5, 5.41) is 0. The van der Waals surface area contributed by atoms with Crippen molar-refractivity contribution >= 4 is 11.8 Å². The molecule has 0 saturated heterocycles. The molecule has 0 spiro atoms. The van der Waals surface area contributed by atoms with Crippen molar-refractivity contribution in [2.24, 2.45) is 17.8 Å². The molecule has 3 aliphatic carbocycles. The van der Waals surface area contributed by atoms with Gasteiger partial charge in [-0.3, -0.25) is 0 Å². The van der Waals surface area contributed by atoms with E-state index in [4.69, 9.17) is 0 Å². The van der Waals surface area contributed by atoms with Gasteiger partial charge in [-0.05, 0) is 0 Å². The van der Waals surface area contributed by atoms with E-state index < -0.39 is 27.1 Å². The van der Waals surface area contributed by atoms with Crippen LogP contribution in [0.5, 0.6) is 0 Å². The summed E-state index contributed by atoms with van der Waals surface area (Å²) in [5.74, 6) is 1.35. The molecule has 1 N–H and O–H groups in total. The SMILES string of the molecule is C[SiH](C)[Zr+2]([NH]C(=O)C1CC2CCC1C2)[CH]1c2ccccc2-c2ccccc21.[Cl-].[Cl-]. The second-order valence-corrected chi connectivity index (χ2v) is 27.8. The minimum absolute atomic E-state index is 0. The Morgan fingerprint density at radius 3 is 2.00 bits per heavy atom. The number of benzene rings is 2. The summed E-state index contributed by atoms with van der Waals surface area (Å²) in [6, 6.07) is 17.9. The topological polar surface area (TPSA) is 29.1 Å². The van der Waals surface area contributed by atoms with Gasteiger partial charge >= 0.3 is 172 Å². The molecule has 2 aromatic rings. The van der Waals surface area contributed by atoms with Crippen molar-refractivity contribution < 1.29 is 50.8 Å². The van der Waals surface area contributed by atoms with Crippen LogP contribution in [0.15, 0.2) is 48.5 Å². The molecule has 3 unspecified atom stereocenters. The third-order valence-electron chi connectivity index (χ3n) is 7.11. The Hall–Kier alpha value is -0.410. The van der Waals surface area contributed by atoms with Gasteiger partial charge < -0.3 is 24.8 Å². The van der Waals surface area contributed by atoms with Gasteiger partial charge in [-0.1, -0.05) is 0 Å². The van der Waals surface area contributed by atoms with Gasteiger partial charge in [-0.15, -0.1) is 0 Å². The van der Waals surface area contributed by atoms with E-state index in [1.165, 1.54) is 41.5 Å². The first-order chi connectivity index (χ1) is 13.1. The average molecular weight is 525 g/mol. The van der Waals surface area contributed by atoms with Crippen molar-refractivity contribution in [3.63, 3.8) is 0 Å². The standard InChI is InChI=1S/C13H9.C8H13NO.C2H7Si.2ClH.Zr/c1-3-7-12-10(5-1)9-11-6-2-4-8-13(11)12;9-8(10)7-4-5-1-2-6(7)3-5;1-3-2;;;/h1-9H;5-7H,1-4H2,(H2,9,10);3H,1-2H3;2*1H;/q;;;;;+3/p-3. The molecule has 29 heavy (non-hydrogen) atoms. The third-order valence-corrected chi connectivity index (χ3v) is 24.7. The number of rotatable bonds is 4. The van der Waals surface area contributed by atoms with Crippen LogP contribution in [0.3, 0.4) is 0 Å². The number of nitrogens with one attached hydrogen (secondary N) is 1. The summed E-state index contributed by atoms with van der Waals surface area (Å²) >= 11 is -2.14. The summed E-state index contributed by atoms with van der Waals surface area (Å²) in [6.07, 6.45) is 5.12. The maximum absolute atomic E-state index is 13.3. The minimum Gasteiger partial charge on any atom is -1.00 e. The minimum atomic E-state index is -2.14. The molecule has 0 aromatic heterocycles. The molecule has 6 heteroatoms. The number of carbonyl (C=O) groups is 1. The van der Waals surface area contributed by atoms with Crippen LogP contribution < -0.4 is 28.1 Å². The summed E-state index contributed by atoms with van der Waals surface area (Å²) in [5.41, 5.74) is 5.78. The Morgan fingerprint density at radius 2 is 1.52 bits per heavy atom. The van der Waals surface area contributed by atoms with Gasteiger partial charge in [-0.2, -0.15) is 0 Å². The second kappa shape index (κ2) is 9.39. The molecule has 1 amide bonds. The van der Waals surface area contributed by atoms with Crippen LogP contribution in [-0.2, 0) is 26.0 Å². The Bertz CT molecular complexity index is 847. The molecule has 2 bridgehead atoms. The van der Waals surface area contributed by atoms with Crippen LogP contribution in [0.4, 0.5) is 0 Å². The molecule has 3 atom stereocenters. The number of carbonyl (C=O) groups excluding carboxylic acids is 1. The molecule has 2 nitrogen and oxygen atoms in total. The van der Waals surface area contributed by atoms with E-state index in [-0.39, 0.29) is 24.8 Å². The van der Waals surface area contributed by atoms with Gasteiger partial charge in [0.05, 0.1) is 0 Å². The fourth-order valence-corrected chi connectivity index (χ4v) is 21.2. The third kappa shape index (κ3) is 4.07. The Kier molecular flexibility index (Phi) is 7.53. The summed E-state index contributed by atoms with van der Waals surface area (Å²) < 4.78 is 4.29. The van der Waals surface area contributed by atoms with E-state index in [9.17, 15) is 4.79 Å². The van der Waals surface area contributed by atoms with Crippen LogP contribution in [0.1, 0.15) is 40.4 Å². The Morgan fingerprint density at radius 1 is 0.931 bits per heavy atom. The van der Waals surface area contributed by atoms with E-state index in [0.29, 0.717) is 21.4 Å². The monoisotopic (exact) mass is 522 g/mol. The van der Waals surface area contributed by atoms with Crippen molar-refractivity contribution in [2.75, 3.05) is 0 Å². The molecule has 3 aliphatic rings.